The zero-order valence-electron chi connectivity index (χ0n) is 15.0. The molecule has 3 aromatic carbocycles. The van der Waals surface area contributed by atoms with Crippen LogP contribution in [0, 0.1) is 10.1 Å². The number of nitrogens with two attached hydrogens (primary N) is 1. The van der Waals surface area contributed by atoms with Crippen LogP contribution in [0.5, 0.6) is 5.75 Å². The van der Waals surface area contributed by atoms with E-state index in [-0.39, 0.29) is 23.6 Å². The molecule has 0 bridgehead atoms. The molecular weight excluding hydrogens is 396 g/mol. The van der Waals surface area contributed by atoms with E-state index in [4.69, 9.17) is 22.1 Å². The molecule has 3 aromatic rings. The first-order chi connectivity index (χ1) is 13.8. The summed E-state index contributed by atoms with van der Waals surface area (Å²) in [5, 5.41) is 11.8. The molecule has 0 radical (unpaired) electrons. The Balaban J connectivity index is 1.72. The molecule has 0 saturated heterocycles. The largest absolute Gasteiger partial charge is 0.489 e. The lowest BCUT2D eigenvalue weighted by Crippen LogP contribution is -2.12. The summed E-state index contributed by atoms with van der Waals surface area (Å²) in [4.78, 5) is 34.3. The maximum absolute atomic E-state index is 12.5. The highest BCUT2D eigenvalue weighted by molar-refractivity contribution is 6.30. The van der Waals surface area contributed by atoms with E-state index in [1.165, 1.54) is 12.1 Å². The van der Waals surface area contributed by atoms with Crippen molar-refractivity contribution in [1.82, 2.24) is 0 Å². The van der Waals surface area contributed by atoms with Gasteiger partial charge in [-0.2, -0.15) is 0 Å². The van der Waals surface area contributed by atoms with Crippen molar-refractivity contribution in [2.24, 2.45) is 5.73 Å². The van der Waals surface area contributed by atoms with Crippen LogP contribution >= 0.6 is 11.6 Å². The molecular formula is C21H15ClN2O5. The molecule has 3 rings (SSSR count). The number of hydrogen-bond acceptors (Lipinski definition) is 5. The summed E-state index contributed by atoms with van der Waals surface area (Å²) in [6.07, 6.45) is 0. The van der Waals surface area contributed by atoms with Crippen molar-refractivity contribution >= 4 is 29.0 Å². The number of primary amides is 1. The van der Waals surface area contributed by atoms with Crippen LogP contribution in [0.3, 0.4) is 0 Å². The number of ether oxygens (including phenoxy) is 1. The lowest BCUT2D eigenvalue weighted by Gasteiger charge is -2.08. The molecule has 0 aliphatic heterocycles. The number of nitrogens with zero attached hydrogens (tertiary/aromatic N) is 1. The van der Waals surface area contributed by atoms with Gasteiger partial charge < -0.3 is 10.5 Å². The summed E-state index contributed by atoms with van der Waals surface area (Å²) in [5.74, 6) is -0.474. The topological polar surface area (TPSA) is 113 Å². The van der Waals surface area contributed by atoms with Crippen molar-refractivity contribution in [3.05, 3.63) is 104 Å². The molecule has 0 saturated carbocycles. The van der Waals surface area contributed by atoms with E-state index in [1.807, 2.05) is 0 Å². The SMILES string of the molecule is NC(=O)c1ccc(COc2ccc(C(=O)c3ccc(Cl)cc3)cc2)c([N+](=O)[O-])c1. The Labute approximate surface area is 170 Å². The van der Waals surface area contributed by atoms with Gasteiger partial charge in [0.2, 0.25) is 5.91 Å². The van der Waals surface area contributed by atoms with Crippen LogP contribution in [-0.2, 0) is 6.61 Å². The van der Waals surface area contributed by atoms with Gasteiger partial charge in [-0.15, -0.1) is 0 Å². The molecule has 1 amide bonds. The summed E-state index contributed by atoms with van der Waals surface area (Å²) in [6, 6.07) is 16.9. The minimum atomic E-state index is -0.749. The Morgan fingerprint density at radius 2 is 1.48 bits per heavy atom. The lowest BCUT2D eigenvalue weighted by atomic mass is 10.0. The van der Waals surface area contributed by atoms with Gasteiger partial charge in [-0.05, 0) is 60.7 Å². The highest BCUT2D eigenvalue weighted by atomic mass is 35.5. The van der Waals surface area contributed by atoms with Gasteiger partial charge in [0.1, 0.15) is 12.4 Å². The number of rotatable bonds is 7. The van der Waals surface area contributed by atoms with Gasteiger partial charge >= 0.3 is 0 Å². The molecule has 29 heavy (non-hydrogen) atoms. The minimum Gasteiger partial charge on any atom is -0.489 e. The van der Waals surface area contributed by atoms with E-state index in [2.05, 4.69) is 0 Å². The van der Waals surface area contributed by atoms with Gasteiger partial charge in [0.25, 0.3) is 5.69 Å². The van der Waals surface area contributed by atoms with Crippen molar-refractivity contribution in [2.45, 2.75) is 6.61 Å². The van der Waals surface area contributed by atoms with Crippen LogP contribution in [0.1, 0.15) is 31.8 Å². The highest BCUT2D eigenvalue weighted by Crippen LogP contribution is 2.23. The predicted molar refractivity (Wildman–Crippen MR) is 107 cm³/mol. The third-order valence-electron chi connectivity index (χ3n) is 4.18. The zero-order valence-corrected chi connectivity index (χ0v) is 15.8. The van der Waals surface area contributed by atoms with E-state index in [9.17, 15) is 19.7 Å². The Bertz CT molecular complexity index is 1080. The molecule has 0 aliphatic carbocycles. The number of carbonyl (C=O) groups excluding carboxylic acids is 2. The third kappa shape index (κ3) is 4.77. The van der Waals surface area contributed by atoms with Gasteiger partial charge in [-0.25, -0.2) is 0 Å². The van der Waals surface area contributed by atoms with Crippen LogP contribution < -0.4 is 10.5 Å². The van der Waals surface area contributed by atoms with Gasteiger partial charge in [-0.3, -0.25) is 19.7 Å². The second-order valence-corrected chi connectivity index (χ2v) is 6.55. The van der Waals surface area contributed by atoms with Crippen molar-refractivity contribution in [3.8, 4) is 5.75 Å². The van der Waals surface area contributed by atoms with Crippen molar-refractivity contribution in [3.63, 3.8) is 0 Å². The number of nitro groups is 1. The Morgan fingerprint density at radius 1 is 0.931 bits per heavy atom. The maximum atomic E-state index is 12.5. The molecule has 2 N–H and O–H groups in total. The lowest BCUT2D eigenvalue weighted by molar-refractivity contribution is -0.385. The normalized spacial score (nSPS) is 10.4. The Morgan fingerprint density at radius 3 is 2.03 bits per heavy atom. The fraction of sp³-hybridized carbons (Fsp3) is 0.0476. The molecule has 0 aromatic heterocycles. The summed E-state index contributed by atoms with van der Waals surface area (Å²) >= 11 is 5.83. The minimum absolute atomic E-state index is 0.0468. The average molecular weight is 411 g/mol. The van der Waals surface area contributed by atoms with Gasteiger partial charge in [0, 0.05) is 27.8 Å². The molecule has 0 spiro atoms. The van der Waals surface area contributed by atoms with Crippen molar-refractivity contribution in [2.75, 3.05) is 0 Å². The number of ketones is 1. The van der Waals surface area contributed by atoms with Gasteiger partial charge in [-0.1, -0.05) is 11.6 Å². The maximum Gasteiger partial charge on any atom is 0.276 e. The molecule has 0 atom stereocenters. The van der Waals surface area contributed by atoms with E-state index in [0.717, 1.165) is 6.07 Å². The molecule has 0 heterocycles. The summed E-state index contributed by atoms with van der Waals surface area (Å²) < 4.78 is 5.59. The average Bonchev–Trinajstić information content (AvgIpc) is 2.72. The van der Waals surface area contributed by atoms with Crippen LogP contribution in [0.25, 0.3) is 0 Å². The number of benzene rings is 3. The van der Waals surface area contributed by atoms with E-state index < -0.39 is 10.8 Å². The number of halogens is 1. The first-order valence-electron chi connectivity index (χ1n) is 8.45. The van der Waals surface area contributed by atoms with Crippen LogP contribution in [-0.4, -0.2) is 16.6 Å². The van der Waals surface area contributed by atoms with E-state index >= 15 is 0 Å². The Kier molecular flexibility index (Phi) is 5.90. The Hall–Kier alpha value is -3.71. The van der Waals surface area contributed by atoms with Crippen molar-refractivity contribution in [1.29, 1.82) is 0 Å². The molecule has 0 unspecified atom stereocenters. The monoisotopic (exact) mass is 410 g/mol. The summed E-state index contributed by atoms with van der Waals surface area (Å²) in [7, 11) is 0. The number of carbonyl (C=O) groups is 2. The fourth-order valence-electron chi connectivity index (χ4n) is 2.64. The van der Waals surface area contributed by atoms with Crippen LogP contribution in [0.15, 0.2) is 66.7 Å². The quantitative estimate of drug-likeness (QED) is 0.357. The molecule has 146 valence electrons. The number of amides is 1. The molecule has 0 fully saturated rings. The van der Waals surface area contributed by atoms with Crippen molar-refractivity contribution < 1.29 is 19.2 Å². The first-order valence-corrected chi connectivity index (χ1v) is 8.83. The van der Waals surface area contributed by atoms with Gasteiger partial charge in [0.15, 0.2) is 5.78 Å². The standard InChI is InChI=1S/C21H15ClN2O5/c22-17-7-3-13(4-8-17)20(25)14-5-9-18(10-6-14)29-12-16-2-1-15(21(23)26)11-19(16)24(27)28/h1-11H,12H2,(H2,23,26). The molecule has 8 heteroatoms. The van der Waals surface area contributed by atoms with Crippen LogP contribution in [0.4, 0.5) is 5.69 Å². The zero-order chi connectivity index (χ0) is 21.0. The predicted octanol–water partition coefficient (Wildman–Crippen LogP) is 4.16. The summed E-state index contributed by atoms with van der Waals surface area (Å²) in [6.45, 7) is -0.0835. The van der Waals surface area contributed by atoms with Crippen LogP contribution in [0.2, 0.25) is 5.02 Å². The third-order valence-corrected chi connectivity index (χ3v) is 4.44. The number of nitro benzene ring substituents is 1. The first kappa shape index (κ1) is 20.0. The smallest absolute Gasteiger partial charge is 0.276 e. The molecule has 0 aliphatic rings. The van der Waals surface area contributed by atoms with Gasteiger partial charge in [0.05, 0.1) is 10.5 Å². The molecule has 7 nitrogen and oxygen atoms in total. The highest BCUT2D eigenvalue weighted by Gasteiger charge is 2.17. The second-order valence-electron chi connectivity index (χ2n) is 6.11. The second kappa shape index (κ2) is 8.53. The van der Waals surface area contributed by atoms with E-state index in [0.29, 0.717) is 27.5 Å². The van der Waals surface area contributed by atoms with E-state index in [1.54, 1.807) is 48.5 Å². The number of hydrogen-bond donors (Lipinski definition) is 1. The fourth-order valence-corrected chi connectivity index (χ4v) is 2.77. The summed E-state index contributed by atoms with van der Waals surface area (Å²) in [5.41, 5.74) is 6.22.